The summed E-state index contributed by atoms with van der Waals surface area (Å²) >= 11 is 0. The van der Waals surface area contributed by atoms with Crippen molar-refractivity contribution in [1.82, 2.24) is 10.2 Å². The Balaban J connectivity index is 1.70. The van der Waals surface area contributed by atoms with Gasteiger partial charge in [0.25, 0.3) is 0 Å². The first-order chi connectivity index (χ1) is 9.15. The van der Waals surface area contributed by atoms with Crippen molar-refractivity contribution >= 4 is 0 Å². The van der Waals surface area contributed by atoms with E-state index in [1.165, 1.54) is 62.1 Å². The molecule has 19 heavy (non-hydrogen) atoms. The van der Waals surface area contributed by atoms with Crippen LogP contribution < -0.4 is 5.32 Å². The van der Waals surface area contributed by atoms with Gasteiger partial charge in [-0.05, 0) is 82.4 Å². The van der Waals surface area contributed by atoms with Crippen LogP contribution >= 0.6 is 0 Å². The second-order valence-electron chi connectivity index (χ2n) is 6.12. The maximum atomic E-state index is 3.45. The highest BCUT2D eigenvalue weighted by Crippen LogP contribution is 2.13. The zero-order chi connectivity index (χ0) is 13.7. The number of aryl methyl sites for hydroxylation is 2. The van der Waals surface area contributed by atoms with E-state index < -0.39 is 0 Å². The summed E-state index contributed by atoms with van der Waals surface area (Å²) in [5.41, 5.74) is 4.28. The van der Waals surface area contributed by atoms with Gasteiger partial charge in [-0.2, -0.15) is 0 Å². The van der Waals surface area contributed by atoms with E-state index in [1.54, 1.807) is 0 Å². The van der Waals surface area contributed by atoms with Gasteiger partial charge >= 0.3 is 0 Å². The van der Waals surface area contributed by atoms with Crippen LogP contribution in [-0.2, 0) is 6.42 Å². The van der Waals surface area contributed by atoms with Gasteiger partial charge in [-0.25, -0.2) is 0 Å². The second-order valence-corrected chi connectivity index (χ2v) is 6.12. The van der Waals surface area contributed by atoms with Crippen LogP contribution in [0.25, 0.3) is 0 Å². The lowest BCUT2D eigenvalue weighted by atomic mass is 10.0. The SMILES string of the molecule is Cc1ccc(CCN(C)CCC2CCNC2)cc1C. The maximum absolute atomic E-state index is 3.45. The Hall–Kier alpha value is -0.860. The Kier molecular flexibility index (Phi) is 5.41. The number of nitrogens with zero attached hydrogens (tertiary/aromatic N) is 1. The largest absolute Gasteiger partial charge is 0.316 e. The lowest BCUT2D eigenvalue weighted by molar-refractivity contribution is 0.308. The van der Waals surface area contributed by atoms with E-state index in [-0.39, 0.29) is 0 Å². The minimum absolute atomic E-state index is 0.907. The highest BCUT2D eigenvalue weighted by Gasteiger charge is 2.14. The zero-order valence-corrected chi connectivity index (χ0v) is 12.7. The number of hydrogen-bond acceptors (Lipinski definition) is 2. The van der Waals surface area contributed by atoms with Crippen molar-refractivity contribution in [2.24, 2.45) is 5.92 Å². The quantitative estimate of drug-likeness (QED) is 0.846. The van der Waals surface area contributed by atoms with Crippen molar-refractivity contribution < 1.29 is 0 Å². The monoisotopic (exact) mass is 260 g/mol. The van der Waals surface area contributed by atoms with Crippen molar-refractivity contribution in [1.29, 1.82) is 0 Å². The van der Waals surface area contributed by atoms with Gasteiger partial charge < -0.3 is 10.2 Å². The standard InChI is InChI=1S/C17H28N2/c1-14-4-5-16(12-15(14)2)7-10-19(3)11-8-17-6-9-18-13-17/h4-5,12,17-18H,6-11,13H2,1-3H3. The van der Waals surface area contributed by atoms with E-state index in [1.807, 2.05) is 0 Å². The Bertz CT molecular complexity index is 394. The zero-order valence-electron chi connectivity index (χ0n) is 12.7. The fourth-order valence-corrected chi connectivity index (χ4v) is 2.75. The Morgan fingerprint density at radius 3 is 2.74 bits per heavy atom. The topological polar surface area (TPSA) is 15.3 Å². The number of likely N-dealkylation sites (N-methyl/N-ethyl adjacent to an activating group) is 1. The summed E-state index contributed by atoms with van der Waals surface area (Å²) in [6.07, 6.45) is 3.88. The number of nitrogens with one attached hydrogen (secondary N) is 1. The predicted octanol–water partition coefficient (Wildman–Crippen LogP) is 2.78. The summed E-state index contributed by atoms with van der Waals surface area (Å²) in [6.45, 7) is 9.23. The highest BCUT2D eigenvalue weighted by atomic mass is 15.1. The van der Waals surface area contributed by atoms with Crippen LogP contribution in [0, 0.1) is 19.8 Å². The highest BCUT2D eigenvalue weighted by molar-refractivity contribution is 5.30. The average molecular weight is 260 g/mol. The molecule has 1 aliphatic rings. The molecule has 1 saturated heterocycles. The van der Waals surface area contributed by atoms with Crippen LogP contribution in [0.3, 0.4) is 0 Å². The molecule has 0 amide bonds. The predicted molar refractivity (Wildman–Crippen MR) is 82.7 cm³/mol. The average Bonchev–Trinajstić information content (AvgIpc) is 2.91. The normalized spacial score (nSPS) is 19.3. The fourth-order valence-electron chi connectivity index (χ4n) is 2.75. The van der Waals surface area contributed by atoms with E-state index in [2.05, 4.69) is 49.3 Å². The summed E-state index contributed by atoms with van der Waals surface area (Å²) in [6, 6.07) is 6.86. The second kappa shape index (κ2) is 7.06. The number of rotatable bonds is 6. The molecule has 1 fully saturated rings. The Labute approximate surface area is 118 Å². The molecule has 2 rings (SSSR count). The molecule has 0 aromatic heterocycles. The van der Waals surface area contributed by atoms with Gasteiger partial charge in [0.2, 0.25) is 0 Å². The Morgan fingerprint density at radius 1 is 1.21 bits per heavy atom. The lowest BCUT2D eigenvalue weighted by Gasteiger charge is -2.19. The molecular formula is C17H28N2. The third-order valence-electron chi connectivity index (χ3n) is 4.43. The first-order valence-electron chi connectivity index (χ1n) is 7.60. The molecule has 1 aromatic rings. The minimum atomic E-state index is 0.907. The molecule has 0 aliphatic carbocycles. The third-order valence-corrected chi connectivity index (χ3v) is 4.43. The van der Waals surface area contributed by atoms with Crippen molar-refractivity contribution in [2.75, 3.05) is 33.2 Å². The van der Waals surface area contributed by atoms with E-state index in [9.17, 15) is 0 Å². The lowest BCUT2D eigenvalue weighted by Crippen LogP contribution is -2.24. The molecule has 0 saturated carbocycles. The molecule has 1 heterocycles. The first kappa shape index (κ1) is 14.5. The van der Waals surface area contributed by atoms with Crippen LogP contribution in [-0.4, -0.2) is 38.1 Å². The van der Waals surface area contributed by atoms with Crippen molar-refractivity contribution in [2.45, 2.75) is 33.1 Å². The maximum Gasteiger partial charge on any atom is 0.00188 e. The molecule has 1 N–H and O–H groups in total. The molecule has 1 unspecified atom stereocenters. The summed E-state index contributed by atoms with van der Waals surface area (Å²) < 4.78 is 0. The van der Waals surface area contributed by atoms with Crippen LogP contribution in [0.1, 0.15) is 29.5 Å². The van der Waals surface area contributed by atoms with Crippen LogP contribution in [0.4, 0.5) is 0 Å². The van der Waals surface area contributed by atoms with Crippen LogP contribution in [0.2, 0.25) is 0 Å². The van der Waals surface area contributed by atoms with Crippen molar-refractivity contribution in [3.8, 4) is 0 Å². The first-order valence-corrected chi connectivity index (χ1v) is 7.60. The smallest absolute Gasteiger partial charge is 0.00188 e. The molecular weight excluding hydrogens is 232 g/mol. The molecule has 106 valence electrons. The van der Waals surface area contributed by atoms with Gasteiger partial charge in [-0.1, -0.05) is 18.2 Å². The van der Waals surface area contributed by atoms with Gasteiger partial charge in [0.05, 0.1) is 0 Å². The third kappa shape index (κ3) is 4.63. The van der Waals surface area contributed by atoms with Gasteiger partial charge in [-0.3, -0.25) is 0 Å². The molecule has 2 heteroatoms. The van der Waals surface area contributed by atoms with Gasteiger partial charge in [0.15, 0.2) is 0 Å². The van der Waals surface area contributed by atoms with Crippen molar-refractivity contribution in [3.63, 3.8) is 0 Å². The molecule has 0 bridgehead atoms. The summed E-state index contributed by atoms with van der Waals surface area (Å²) in [7, 11) is 2.25. The summed E-state index contributed by atoms with van der Waals surface area (Å²) in [5, 5.41) is 3.45. The van der Waals surface area contributed by atoms with Gasteiger partial charge in [0.1, 0.15) is 0 Å². The molecule has 1 aliphatic heterocycles. The fraction of sp³-hybridized carbons (Fsp3) is 0.647. The van der Waals surface area contributed by atoms with Crippen LogP contribution in [0.5, 0.6) is 0 Å². The molecule has 2 nitrogen and oxygen atoms in total. The molecule has 0 spiro atoms. The van der Waals surface area contributed by atoms with Crippen molar-refractivity contribution in [3.05, 3.63) is 34.9 Å². The van der Waals surface area contributed by atoms with Gasteiger partial charge in [0, 0.05) is 6.54 Å². The Morgan fingerprint density at radius 2 is 2.05 bits per heavy atom. The van der Waals surface area contributed by atoms with E-state index in [4.69, 9.17) is 0 Å². The molecule has 1 atom stereocenters. The number of benzene rings is 1. The van der Waals surface area contributed by atoms with E-state index >= 15 is 0 Å². The molecule has 0 radical (unpaired) electrons. The minimum Gasteiger partial charge on any atom is -0.316 e. The summed E-state index contributed by atoms with van der Waals surface area (Å²) in [5.74, 6) is 0.907. The van der Waals surface area contributed by atoms with E-state index in [0.717, 1.165) is 5.92 Å². The van der Waals surface area contributed by atoms with E-state index in [0.29, 0.717) is 0 Å². The molecule has 1 aromatic carbocycles. The van der Waals surface area contributed by atoms with Crippen LogP contribution in [0.15, 0.2) is 18.2 Å². The number of hydrogen-bond donors (Lipinski definition) is 1. The summed E-state index contributed by atoms with van der Waals surface area (Å²) in [4.78, 5) is 2.48. The van der Waals surface area contributed by atoms with Gasteiger partial charge in [-0.15, -0.1) is 0 Å².